The molecular weight excluding hydrogens is 393 g/mol. The van der Waals surface area contributed by atoms with Crippen LogP contribution in [0.4, 0.5) is 10.1 Å². The molecule has 1 amide bonds. The minimum Gasteiger partial charge on any atom is -0.493 e. The summed E-state index contributed by atoms with van der Waals surface area (Å²) in [5, 5.41) is 3.80. The molecule has 0 aliphatic rings. The number of fused-ring (bicyclic) bond motifs is 1. The number of hydrogen-bond donors (Lipinski definition) is 1. The van der Waals surface area contributed by atoms with E-state index in [1.54, 1.807) is 0 Å². The van der Waals surface area contributed by atoms with Crippen LogP contribution < -0.4 is 10.1 Å². The third kappa shape index (κ3) is 4.15. The number of allylic oxidation sites excluding steroid dienone is 1. The van der Waals surface area contributed by atoms with Gasteiger partial charge in [-0.3, -0.25) is 4.79 Å². The predicted molar refractivity (Wildman–Crippen MR) is 115 cm³/mol. The van der Waals surface area contributed by atoms with Crippen LogP contribution in [0.3, 0.4) is 0 Å². The zero-order valence-electron chi connectivity index (χ0n) is 17.1. The number of rotatable bonds is 5. The Labute approximate surface area is 174 Å². The van der Waals surface area contributed by atoms with Crippen LogP contribution >= 0.6 is 11.6 Å². The van der Waals surface area contributed by atoms with Gasteiger partial charge in [-0.25, -0.2) is 4.39 Å². The highest BCUT2D eigenvalue weighted by Crippen LogP contribution is 2.38. The molecule has 0 fully saturated rings. The third-order valence-electron chi connectivity index (χ3n) is 4.90. The van der Waals surface area contributed by atoms with Crippen LogP contribution in [0, 0.1) is 26.6 Å². The quantitative estimate of drug-likeness (QED) is 0.478. The van der Waals surface area contributed by atoms with Crippen molar-refractivity contribution in [2.45, 2.75) is 34.6 Å². The highest BCUT2D eigenvalue weighted by Gasteiger charge is 2.19. The van der Waals surface area contributed by atoms with Crippen LogP contribution in [0.1, 0.15) is 36.3 Å². The van der Waals surface area contributed by atoms with Crippen LogP contribution in [-0.2, 0) is 4.79 Å². The Morgan fingerprint density at radius 1 is 1.24 bits per heavy atom. The number of carbonyl (C=O) groups excluding carboxylic acids is 1. The van der Waals surface area contributed by atoms with Crippen molar-refractivity contribution < 1.29 is 18.3 Å². The molecule has 0 unspecified atom stereocenters. The van der Waals surface area contributed by atoms with E-state index >= 15 is 0 Å². The molecule has 0 aliphatic heterocycles. The monoisotopic (exact) mass is 415 g/mol. The second kappa shape index (κ2) is 8.29. The Morgan fingerprint density at radius 2 is 1.97 bits per heavy atom. The fraction of sp³-hybridized carbons (Fsp3) is 0.261. The second-order valence-electron chi connectivity index (χ2n) is 6.91. The molecule has 3 aromatic rings. The van der Waals surface area contributed by atoms with Gasteiger partial charge in [-0.2, -0.15) is 0 Å². The van der Waals surface area contributed by atoms with Gasteiger partial charge in [0.1, 0.15) is 22.9 Å². The lowest BCUT2D eigenvalue weighted by atomic mass is 9.98. The average Bonchev–Trinajstić information content (AvgIpc) is 2.94. The lowest BCUT2D eigenvalue weighted by Crippen LogP contribution is -2.10. The predicted octanol–water partition coefficient (Wildman–Crippen LogP) is 6.59. The first-order chi connectivity index (χ1) is 13.7. The molecule has 0 saturated heterocycles. The van der Waals surface area contributed by atoms with Crippen LogP contribution in [0.5, 0.6) is 5.75 Å². The molecule has 0 spiro atoms. The average molecular weight is 416 g/mol. The standard InChI is InChI=1S/C23H23ClFNO3/c1-6-28-22-14(4)23-18(13(3)15(5)29-23)11-17(22)12(2)9-21(27)26-20-8-7-16(24)10-19(20)25/h7-11H,6H2,1-5H3,(H,26,27)/b12-9+. The normalized spacial score (nSPS) is 11.8. The highest BCUT2D eigenvalue weighted by molar-refractivity contribution is 6.30. The first-order valence-corrected chi connectivity index (χ1v) is 9.71. The maximum absolute atomic E-state index is 14.0. The zero-order valence-corrected chi connectivity index (χ0v) is 17.8. The van der Waals surface area contributed by atoms with Crippen molar-refractivity contribution in [3.05, 3.63) is 63.6 Å². The van der Waals surface area contributed by atoms with Crippen molar-refractivity contribution in [1.82, 2.24) is 0 Å². The summed E-state index contributed by atoms with van der Waals surface area (Å²) >= 11 is 5.76. The van der Waals surface area contributed by atoms with E-state index in [4.69, 9.17) is 20.8 Å². The summed E-state index contributed by atoms with van der Waals surface area (Å²) in [7, 11) is 0. The Balaban J connectivity index is 2.02. The van der Waals surface area contributed by atoms with Crippen molar-refractivity contribution >= 4 is 39.7 Å². The Bertz CT molecular complexity index is 1130. The van der Waals surface area contributed by atoms with Crippen LogP contribution in [0.15, 0.2) is 34.8 Å². The topological polar surface area (TPSA) is 51.5 Å². The number of hydrogen-bond acceptors (Lipinski definition) is 3. The number of ether oxygens (including phenoxy) is 1. The van der Waals surface area contributed by atoms with Gasteiger partial charge in [-0.05, 0) is 70.0 Å². The molecule has 1 N–H and O–H groups in total. The van der Waals surface area contributed by atoms with E-state index in [1.807, 2.05) is 40.7 Å². The Hall–Kier alpha value is -2.79. The summed E-state index contributed by atoms with van der Waals surface area (Å²) in [6, 6.07) is 6.08. The number of aryl methyl sites for hydroxylation is 3. The van der Waals surface area contributed by atoms with Gasteiger partial charge in [0.05, 0.1) is 12.3 Å². The number of anilines is 1. The summed E-state index contributed by atoms with van der Waals surface area (Å²) in [5.74, 6) is 0.492. The fourth-order valence-corrected chi connectivity index (χ4v) is 3.43. The smallest absolute Gasteiger partial charge is 0.248 e. The number of amides is 1. The van der Waals surface area contributed by atoms with Gasteiger partial charge < -0.3 is 14.5 Å². The molecule has 152 valence electrons. The van der Waals surface area contributed by atoms with E-state index in [2.05, 4.69) is 5.32 Å². The second-order valence-corrected chi connectivity index (χ2v) is 7.35. The number of furan rings is 1. The minimum atomic E-state index is -0.589. The molecule has 0 atom stereocenters. The minimum absolute atomic E-state index is 0.0708. The molecule has 3 rings (SSSR count). The van der Waals surface area contributed by atoms with Gasteiger partial charge in [0.25, 0.3) is 0 Å². The highest BCUT2D eigenvalue weighted by atomic mass is 35.5. The fourth-order valence-electron chi connectivity index (χ4n) is 3.27. The lowest BCUT2D eigenvalue weighted by Gasteiger charge is -2.14. The van der Waals surface area contributed by atoms with Crippen molar-refractivity contribution in [2.75, 3.05) is 11.9 Å². The number of halogens is 2. The van der Waals surface area contributed by atoms with Crippen molar-refractivity contribution in [1.29, 1.82) is 0 Å². The summed E-state index contributed by atoms with van der Waals surface area (Å²) < 4.78 is 25.7. The summed E-state index contributed by atoms with van der Waals surface area (Å²) in [6.07, 6.45) is 1.43. The van der Waals surface area contributed by atoms with Gasteiger partial charge in [0.2, 0.25) is 5.91 Å². The Morgan fingerprint density at radius 3 is 2.62 bits per heavy atom. The van der Waals surface area contributed by atoms with E-state index in [0.29, 0.717) is 17.9 Å². The van der Waals surface area contributed by atoms with Crippen molar-refractivity contribution in [2.24, 2.45) is 0 Å². The van der Waals surface area contributed by atoms with Gasteiger partial charge in [0, 0.05) is 27.6 Å². The van der Waals surface area contributed by atoms with Gasteiger partial charge in [0.15, 0.2) is 0 Å². The maximum atomic E-state index is 14.0. The van der Waals surface area contributed by atoms with Gasteiger partial charge in [-0.15, -0.1) is 0 Å². The molecule has 1 aromatic heterocycles. The molecular formula is C23H23ClFNO3. The van der Waals surface area contributed by atoms with E-state index in [0.717, 1.165) is 39.5 Å². The van der Waals surface area contributed by atoms with Crippen molar-refractivity contribution in [3.8, 4) is 5.75 Å². The van der Waals surface area contributed by atoms with Crippen molar-refractivity contribution in [3.63, 3.8) is 0 Å². The third-order valence-corrected chi connectivity index (χ3v) is 5.13. The summed E-state index contributed by atoms with van der Waals surface area (Å²) in [5.41, 5.74) is 4.28. The molecule has 0 radical (unpaired) electrons. The zero-order chi connectivity index (χ0) is 21.3. The van der Waals surface area contributed by atoms with E-state index in [9.17, 15) is 9.18 Å². The number of benzene rings is 2. The molecule has 0 saturated carbocycles. The number of carbonyl (C=O) groups is 1. The summed E-state index contributed by atoms with van der Waals surface area (Å²) in [4.78, 5) is 12.5. The first kappa shape index (κ1) is 20.9. The first-order valence-electron chi connectivity index (χ1n) is 9.33. The lowest BCUT2D eigenvalue weighted by molar-refractivity contribution is -0.111. The summed E-state index contributed by atoms with van der Waals surface area (Å²) in [6.45, 7) is 10.1. The van der Waals surface area contributed by atoms with Gasteiger partial charge >= 0.3 is 0 Å². The van der Waals surface area contributed by atoms with Crippen LogP contribution in [0.25, 0.3) is 16.5 Å². The molecule has 4 nitrogen and oxygen atoms in total. The maximum Gasteiger partial charge on any atom is 0.248 e. The van der Waals surface area contributed by atoms with E-state index in [-0.39, 0.29) is 10.7 Å². The molecule has 1 heterocycles. The van der Waals surface area contributed by atoms with E-state index < -0.39 is 11.7 Å². The Kier molecular flexibility index (Phi) is 5.99. The molecule has 6 heteroatoms. The SMILES string of the molecule is CCOc1c(/C(C)=C/C(=O)Nc2ccc(Cl)cc2F)cc2c(C)c(C)oc2c1C. The molecule has 2 aromatic carbocycles. The number of nitrogens with one attached hydrogen (secondary N) is 1. The van der Waals surface area contributed by atoms with Crippen LogP contribution in [0.2, 0.25) is 5.02 Å². The van der Waals surface area contributed by atoms with E-state index in [1.165, 1.54) is 18.2 Å². The molecule has 0 aliphatic carbocycles. The largest absolute Gasteiger partial charge is 0.493 e. The van der Waals surface area contributed by atoms with Gasteiger partial charge in [-0.1, -0.05) is 11.6 Å². The van der Waals surface area contributed by atoms with Crippen LogP contribution in [-0.4, -0.2) is 12.5 Å². The molecule has 0 bridgehead atoms. The molecule has 29 heavy (non-hydrogen) atoms.